The summed E-state index contributed by atoms with van der Waals surface area (Å²) in [6, 6.07) is 9.28. The Morgan fingerprint density at radius 3 is 2.45 bits per heavy atom. The monoisotopic (exact) mass is 399 g/mol. The minimum Gasteiger partial charge on any atom is -0.481 e. The van der Waals surface area contributed by atoms with E-state index in [1.165, 1.54) is 30.6 Å². The zero-order chi connectivity index (χ0) is 20.4. The first-order chi connectivity index (χ1) is 14.0. The average Bonchev–Trinajstić information content (AvgIpc) is 3.37. The summed E-state index contributed by atoms with van der Waals surface area (Å²) in [5, 5.41) is 9.38. The lowest BCUT2D eigenvalue weighted by Crippen LogP contribution is -2.44. The largest absolute Gasteiger partial charge is 0.481 e. The first kappa shape index (κ1) is 19.9. The van der Waals surface area contributed by atoms with E-state index in [0.29, 0.717) is 24.2 Å². The number of amides is 2. The van der Waals surface area contributed by atoms with Crippen molar-refractivity contribution in [1.82, 2.24) is 4.90 Å². The van der Waals surface area contributed by atoms with Crippen LogP contribution in [0.5, 0.6) is 0 Å². The molecule has 1 spiro atoms. The van der Waals surface area contributed by atoms with Crippen molar-refractivity contribution in [1.29, 1.82) is 0 Å². The van der Waals surface area contributed by atoms with Gasteiger partial charge in [0.05, 0.1) is 12.5 Å². The maximum atomic E-state index is 13.3. The molecule has 0 bridgehead atoms. The number of hydrogen-bond acceptors (Lipinski definition) is 4. The summed E-state index contributed by atoms with van der Waals surface area (Å²) in [5.74, 6) is -1.69. The van der Waals surface area contributed by atoms with E-state index in [-0.39, 0.29) is 25.0 Å². The molecule has 3 aliphatic rings. The summed E-state index contributed by atoms with van der Waals surface area (Å²) in [5.41, 5.74) is 1.58. The van der Waals surface area contributed by atoms with Crippen LogP contribution in [-0.2, 0) is 20.7 Å². The second kappa shape index (κ2) is 8.17. The summed E-state index contributed by atoms with van der Waals surface area (Å²) < 4.78 is 5.17. The van der Waals surface area contributed by atoms with Crippen LogP contribution in [0, 0.1) is 17.3 Å². The van der Waals surface area contributed by atoms with E-state index in [1.807, 2.05) is 30.3 Å². The van der Waals surface area contributed by atoms with Gasteiger partial charge in [0.2, 0.25) is 5.91 Å². The lowest BCUT2D eigenvalue weighted by molar-refractivity contribution is -0.144. The van der Waals surface area contributed by atoms with Crippen LogP contribution in [0.15, 0.2) is 30.3 Å². The summed E-state index contributed by atoms with van der Waals surface area (Å²) in [7, 11) is 0. The van der Waals surface area contributed by atoms with E-state index in [0.717, 1.165) is 18.4 Å². The molecule has 1 saturated heterocycles. The van der Waals surface area contributed by atoms with E-state index in [4.69, 9.17) is 4.74 Å². The standard InChI is InChI=1S/C23H29NO5/c25-20(26)14-18(12-17-6-8-23(9-7-17)10-11-23)21(27)24-19(15-29-22(24)28)13-16-4-2-1-3-5-16/h1-5,17-19H,6-15H2,(H,25,26). The van der Waals surface area contributed by atoms with Crippen molar-refractivity contribution in [3.63, 3.8) is 0 Å². The molecule has 2 amide bonds. The van der Waals surface area contributed by atoms with Gasteiger partial charge in [-0.3, -0.25) is 9.59 Å². The molecule has 1 aromatic rings. The van der Waals surface area contributed by atoms with Crippen LogP contribution in [0.1, 0.15) is 56.9 Å². The van der Waals surface area contributed by atoms with Crippen LogP contribution in [0.25, 0.3) is 0 Å². The molecule has 29 heavy (non-hydrogen) atoms. The minimum atomic E-state index is -0.995. The Morgan fingerprint density at radius 1 is 1.14 bits per heavy atom. The number of carboxylic acid groups (broad SMARTS) is 1. The molecule has 2 aliphatic carbocycles. The fourth-order valence-electron chi connectivity index (χ4n) is 5.05. The summed E-state index contributed by atoms with van der Waals surface area (Å²) in [6.07, 6.45) is 7.31. The predicted molar refractivity (Wildman–Crippen MR) is 106 cm³/mol. The van der Waals surface area contributed by atoms with Crippen LogP contribution in [0.4, 0.5) is 4.79 Å². The van der Waals surface area contributed by atoms with Gasteiger partial charge in [-0.25, -0.2) is 9.69 Å². The number of carboxylic acids is 1. The van der Waals surface area contributed by atoms with Gasteiger partial charge in [0, 0.05) is 5.92 Å². The normalized spacial score (nSPS) is 24.3. The Bertz CT molecular complexity index is 763. The number of rotatable bonds is 7. The SMILES string of the molecule is O=C(O)CC(CC1CCC2(CC1)CC2)C(=O)N1C(=O)OCC1Cc1ccccc1. The molecular formula is C23H29NO5. The fraction of sp³-hybridized carbons (Fsp3) is 0.609. The number of carbonyl (C=O) groups is 3. The second-order valence-corrected chi connectivity index (χ2v) is 9.10. The van der Waals surface area contributed by atoms with Crippen molar-refractivity contribution in [2.45, 2.75) is 63.8 Å². The molecule has 1 heterocycles. The van der Waals surface area contributed by atoms with Gasteiger partial charge in [-0.1, -0.05) is 30.3 Å². The zero-order valence-corrected chi connectivity index (χ0v) is 16.7. The Kier molecular flexibility index (Phi) is 5.61. The molecule has 3 fully saturated rings. The van der Waals surface area contributed by atoms with Crippen molar-refractivity contribution in [2.24, 2.45) is 17.3 Å². The van der Waals surface area contributed by atoms with Gasteiger partial charge >= 0.3 is 12.1 Å². The highest BCUT2D eigenvalue weighted by Crippen LogP contribution is 2.57. The lowest BCUT2D eigenvalue weighted by Gasteiger charge is -2.31. The number of nitrogens with zero attached hydrogens (tertiary/aromatic N) is 1. The summed E-state index contributed by atoms with van der Waals surface area (Å²) in [6.45, 7) is 0.158. The molecule has 2 saturated carbocycles. The van der Waals surface area contributed by atoms with Crippen LogP contribution in [0.2, 0.25) is 0 Å². The van der Waals surface area contributed by atoms with E-state index in [9.17, 15) is 19.5 Å². The first-order valence-electron chi connectivity index (χ1n) is 10.7. The molecule has 2 atom stereocenters. The van der Waals surface area contributed by atoms with Gasteiger partial charge in [0.25, 0.3) is 0 Å². The van der Waals surface area contributed by atoms with Gasteiger partial charge < -0.3 is 9.84 Å². The summed E-state index contributed by atoms with van der Waals surface area (Å²) in [4.78, 5) is 38.2. The smallest absolute Gasteiger partial charge is 0.416 e. The van der Waals surface area contributed by atoms with Crippen LogP contribution >= 0.6 is 0 Å². The second-order valence-electron chi connectivity index (χ2n) is 9.10. The van der Waals surface area contributed by atoms with Crippen molar-refractivity contribution < 1.29 is 24.2 Å². The van der Waals surface area contributed by atoms with Gasteiger partial charge in [-0.05, 0) is 68.3 Å². The summed E-state index contributed by atoms with van der Waals surface area (Å²) >= 11 is 0. The van der Waals surface area contributed by atoms with Crippen LogP contribution in [0.3, 0.4) is 0 Å². The average molecular weight is 399 g/mol. The van der Waals surface area contributed by atoms with Gasteiger partial charge in [0.1, 0.15) is 6.61 Å². The highest BCUT2D eigenvalue weighted by atomic mass is 16.6. The highest BCUT2D eigenvalue weighted by molar-refractivity contribution is 5.96. The number of benzene rings is 1. The maximum Gasteiger partial charge on any atom is 0.416 e. The van der Waals surface area contributed by atoms with Gasteiger partial charge in [0.15, 0.2) is 0 Å². The van der Waals surface area contributed by atoms with Crippen molar-refractivity contribution in [3.8, 4) is 0 Å². The van der Waals surface area contributed by atoms with E-state index in [1.54, 1.807) is 0 Å². The number of aliphatic carboxylic acids is 1. The number of ether oxygens (including phenoxy) is 1. The molecule has 0 aromatic heterocycles. The number of carbonyl (C=O) groups excluding carboxylic acids is 2. The number of imide groups is 1. The van der Waals surface area contributed by atoms with E-state index >= 15 is 0 Å². The molecular weight excluding hydrogens is 370 g/mol. The fourth-order valence-corrected chi connectivity index (χ4v) is 5.05. The molecule has 1 aromatic carbocycles. The number of cyclic esters (lactones) is 1. The first-order valence-corrected chi connectivity index (χ1v) is 10.7. The zero-order valence-electron chi connectivity index (χ0n) is 16.7. The van der Waals surface area contributed by atoms with E-state index < -0.39 is 18.0 Å². The number of hydrogen-bond donors (Lipinski definition) is 1. The maximum absolute atomic E-state index is 13.3. The highest BCUT2D eigenvalue weighted by Gasteiger charge is 2.46. The molecule has 6 nitrogen and oxygen atoms in total. The molecule has 6 heteroatoms. The molecule has 1 N–H and O–H groups in total. The lowest BCUT2D eigenvalue weighted by atomic mass is 9.75. The topological polar surface area (TPSA) is 83.9 Å². The van der Waals surface area contributed by atoms with Crippen LogP contribution in [-0.4, -0.2) is 40.6 Å². The third-order valence-electron chi connectivity index (χ3n) is 7.02. The van der Waals surface area contributed by atoms with Crippen molar-refractivity contribution in [3.05, 3.63) is 35.9 Å². The molecule has 1 aliphatic heterocycles. The third-order valence-corrected chi connectivity index (χ3v) is 7.02. The van der Waals surface area contributed by atoms with Crippen molar-refractivity contribution in [2.75, 3.05) is 6.61 Å². The van der Waals surface area contributed by atoms with Crippen molar-refractivity contribution >= 4 is 18.0 Å². The quantitative estimate of drug-likeness (QED) is 0.748. The van der Waals surface area contributed by atoms with Crippen LogP contribution < -0.4 is 0 Å². The molecule has 156 valence electrons. The van der Waals surface area contributed by atoms with E-state index in [2.05, 4.69) is 0 Å². The Balaban J connectivity index is 1.44. The Labute approximate surface area is 171 Å². The predicted octanol–water partition coefficient (Wildman–Crippen LogP) is 4.03. The molecule has 4 rings (SSSR count). The van der Waals surface area contributed by atoms with Gasteiger partial charge in [-0.2, -0.15) is 0 Å². The molecule has 0 radical (unpaired) electrons. The third kappa shape index (κ3) is 4.62. The molecule has 2 unspecified atom stereocenters. The van der Waals surface area contributed by atoms with Gasteiger partial charge in [-0.15, -0.1) is 0 Å². The Morgan fingerprint density at radius 2 is 1.83 bits per heavy atom. The minimum absolute atomic E-state index is 0.158. The Hall–Kier alpha value is -2.37.